The molecule has 0 atom stereocenters. The van der Waals surface area contributed by atoms with Crippen LogP contribution >= 0.6 is 7.92 Å². The topological polar surface area (TPSA) is 18.5 Å². The molecule has 0 aliphatic carbocycles. The van der Waals surface area contributed by atoms with Gasteiger partial charge in [-0.25, -0.2) is 0 Å². The average Bonchev–Trinajstić information content (AvgIpc) is 2.70. The van der Waals surface area contributed by atoms with Gasteiger partial charge in [0.1, 0.15) is 0 Å². The average molecular weight is 459 g/mol. The molecule has 0 aromatic heterocycles. The Labute approximate surface area is 172 Å². The van der Waals surface area contributed by atoms with Crippen molar-refractivity contribution in [3.8, 4) is 0 Å². The molecule has 3 aromatic rings. The van der Waals surface area contributed by atoms with E-state index in [0.29, 0.717) is 13.2 Å². The van der Waals surface area contributed by atoms with Gasteiger partial charge in [0.05, 0.1) is 13.2 Å². The summed E-state index contributed by atoms with van der Waals surface area (Å²) in [5, 5.41) is 4.19. The van der Waals surface area contributed by atoms with Crippen LogP contribution in [0.25, 0.3) is 0 Å². The maximum atomic E-state index is 4.66. The number of benzene rings is 3. The van der Waals surface area contributed by atoms with Crippen LogP contribution in [0, 0.1) is 0 Å². The first-order valence-corrected chi connectivity index (χ1v) is 9.64. The second-order valence-corrected chi connectivity index (χ2v) is 7.55. The summed E-state index contributed by atoms with van der Waals surface area (Å²) in [7, 11) is 2.86. The Hall–Kier alpha value is -1.33. The second kappa shape index (κ2) is 13.8. The Bertz CT molecular complexity index is 595. The molecule has 0 unspecified atom stereocenters. The molecule has 26 heavy (non-hydrogen) atoms. The van der Waals surface area contributed by atoms with Gasteiger partial charge in [0, 0.05) is 34.6 Å². The fourth-order valence-corrected chi connectivity index (χ4v) is 4.65. The second-order valence-electron chi connectivity index (χ2n) is 5.33. The largest absolute Gasteiger partial charge is 0.382 e. The summed E-state index contributed by atoms with van der Waals surface area (Å²) < 4.78 is 9.31. The van der Waals surface area contributed by atoms with E-state index in [-0.39, 0.29) is 20.4 Å². The van der Waals surface area contributed by atoms with Crippen LogP contribution in [-0.4, -0.2) is 27.4 Å². The molecular formula is C22H25O2PPd. The molecule has 2 nitrogen and oxygen atoms in total. The third-order valence-corrected chi connectivity index (χ3v) is 5.98. The van der Waals surface area contributed by atoms with Crippen molar-refractivity contribution >= 4 is 23.8 Å². The molecule has 0 fully saturated rings. The molecule has 3 rings (SSSR count). The van der Waals surface area contributed by atoms with E-state index in [0.717, 1.165) is 0 Å². The van der Waals surface area contributed by atoms with Gasteiger partial charge in [-0.3, -0.25) is 0 Å². The third-order valence-electron chi connectivity index (χ3n) is 3.53. The van der Waals surface area contributed by atoms with Crippen molar-refractivity contribution in [3.63, 3.8) is 0 Å². The smallest absolute Gasteiger partial charge is 0.0696 e. The van der Waals surface area contributed by atoms with E-state index < -0.39 is 7.92 Å². The van der Waals surface area contributed by atoms with Gasteiger partial charge in [0.15, 0.2) is 0 Å². The van der Waals surface area contributed by atoms with Crippen molar-refractivity contribution in [2.24, 2.45) is 0 Å². The van der Waals surface area contributed by atoms with Gasteiger partial charge >= 0.3 is 0 Å². The number of hydrogen-bond donors (Lipinski definition) is 0. The van der Waals surface area contributed by atoms with Gasteiger partial charge in [-0.2, -0.15) is 0 Å². The molecule has 0 radical (unpaired) electrons. The molecule has 140 valence electrons. The van der Waals surface area contributed by atoms with Crippen LogP contribution in [0.4, 0.5) is 0 Å². The molecule has 4 heteroatoms. The maximum absolute atomic E-state index is 4.66. The predicted octanol–water partition coefficient (Wildman–Crippen LogP) is 3.72. The number of ether oxygens (including phenoxy) is 2. The first-order valence-electron chi connectivity index (χ1n) is 8.30. The van der Waals surface area contributed by atoms with Gasteiger partial charge in [-0.1, -0.05) is 91.0 Å². The van der Waals surface area contributed by atoms with Crippen molar-refractivity contribution in [2.45, 2.75) is 0 Å². The molecule has 0 amide bonds. The van der Waals surface area contributed by atoms with E-state index >= 15 is 0 Å². The zero-order valence-electron chi connectivity index (χ0n) is 15.2. The summed E-state index contributed by atoms with van der Waals surface area (Å²) in [6, 6.07) is 32.3. The standard InChI is InChI=1S/C18H15P.C4H10O2.Pd/c1-4-10-16(11-5-1)19(17-12-6-2-7-13-17)18-14-8-3-9-15-18;1-5-3-4-6-2;/h1-15H;3-4H2,1-2H3;. The van der Waals surface area contributed by atoms with Crippen LogP contribution in [0.1, 0.15) is 0 Å². The van der Waals surface area contributed by atoms with Gasteiger partial charge in [0.2, 0.25) is 0 Å². The molecule has 0 saturated carbocycles. The number of rotatable bonds is 6. The van der Waals surface area contributed by atoms with Gasteiger partial charge in [-0.15, -0.1) is 0 Å². The molecule has 0 aliphatic heterocycles. The quantitative estimate of drug-likeness (QED) is 0.318. The summed E-state index contributed by atoms with van der Waals surface area (Å²) in [5.41, 5.74) is 0. The molecular weight excluding hydrogens is 434 g/mol. The first-order chi connectivity index (χ1) is 12.4. The van der Waals surface area contributed by atoms with Gasteiger partial charge < -0.3 is 9.47 Å². The molecule has 0 saturated heterocycles. The van der Waals surface area contributed by atoms with Crippen LogP contribution in [0.5, 0.6) is 0 Å². The van der Waals surface area contributed by atoms with E-state index in [1.807, 2.05) is 0 Å². The molecule has 0 N–H and O–H groups in total. The predicted molar refractivity (Wildman–Crippen MR) is 109 cm³/mol. The summed E-state index contributed by atoms with van der Waals surface area (Å²) >= 11 is 0. The minimum Gasteiger partial charge on any atom is -0.382 e. The molecule has 0 heterocycles. The minimum atomic E-state index is -0.446. The summed E-state index contributed by atoms with van der Waals surface area (Å²) in [6.45, 7) is 1.38. The third kappa shape index (κ3) is 7.50. The molecule has 3 aromatic carbocycles. The van der Waals surface area contributed by atoms with Crippen molar-refractivity contribution in [3.05, 3.63) is 91.0 Å². The Morgan fingerprint density at radius 1 is 0.538 bits per heavy atom. The summed E-state index contributed by atoms with van der Waals surface area (Å²) in [6.07, 6.45) is 0. The van der Waals surface area contributed by atoms with Crippen LogP contribution in [0.15, 0.2) is 91.0 Å². The van der Waals surface area contributed by atoms with E-state index in [4.69, 9.17) is 0 Å². The molecule has 0 spiro atoms. The van der Waals surface area contributed by atoms with Crippen molar-refractivity contribution in [1.29, 1.82) is 0 Å². The first kappa shape index (κ1) is 22.7. The zero-order valence-corrected chi connectivity index (χ0v) is 17.6. The van der Waals surface area contributed by atoms with Crippen molar-refractivity contribution in [2.75, 3.05) is 27.4 Å². The Balaban J connectivity index is 0.000000422. The van der Waals surface area contributed by atoms with E-state index in [2.05, 4.69) is 100 Å². The normalized spacial score (nSPS) is 9.81. The Morgan fingerprint density at radius 2 is 0.808 bits per heavy atom. The minimum absolute atomic E-state index is 0. The van der Waals surface area contributed by atoms with Crippen LogP contribution in [0.3, 0.4) is 0 Å². The van der Waals surface area contributed by atoms with Crippen LogP contribution in [0.2, 0.25) is 0 Å². The summed E-state index contributed by atoms with van der Waals surface area (Å²) in [5.74, 6) is 0. The van der Waals surface area contributed by atoms with E-state index in [1.54, 1.807) is 14.2 Å². The molecule has 0 bridgehead atoms. The zero-order chi connectivity index (χ0) is 17.7. The maximum Gasteiger partial charge on any atom is 0.0696 e. The fraction of sp³-hybridized carbons (Fsp3) is 0.182. The van der Waals surface area contributed by atoms with Gasteiger partial charge in [-0.05, 0) is 23.8 Å². The van der Waals surface area contributed by atoms with Crippen LogP contribution < -0.4 is 15.9 Å². The van der Waals surface area contributed by atoms with Crippen molar-refractivity contribution < 1.29 is 29.9 Å². The number of hydrogen-bond acceptors (Lipinski definition) is 2. The van der Waals surface area contributed by atoms with E-state index in [1.165, 1.54) is 15.9 Å². The van der Waals surface area contributed by atoms with Crippen LogP contribution in [-0.2, 0) is 29.9 Å². The number of methoxy groups -OCH3 is 2. The Morgan fingerprint density at radius 3 is 1.04 bits per heavy atom. The van der Waals surface area contributed by atoms with E-state index in [9.17, 15) is 0 Å². The molecule has 0 aliphatic rings. The SMILES string of the molecule is COCCOC.[Pd].c1ccc(P(c2ccccc2)c2ccccc2)cc1. The Kier molecular flexibility index (Phi) is 12.1. The van der Waals surface area contributed by atoms with Crippen molar-refractivity contribution in [1.82, 2.24) is 0 Å². The fourth-order valence-electron chi connectivity index (χ4n) is 2.35. The van der Waals surface area contributed by atoms with Gasteiger partial charge in [0.25, 0.3) is 0 Å². The monoisotopic (exact) mass is 458 g/mol. The summed E-state index contributed by atoms with van der Waals surface area (Å²) in [4.78, 5) is 0.